The zero-order chi connectivity index (χ0) is 24.1. The Morgan fingerprint density at radius 2 is 1.88 bits per heavy atom. The second-order valence-electron chi connectivity index (χ2n) is 7.06. The van der Waals surface area contributed by atoms with Crippen molar-refractivity contribution in [2.45, 2.75) is 0 Å². The Labute approximate surface area is 209 Å². The maximum atomic E-state index is 12.4. The molecule has 3 aromatic rings. The molecular formula is C26H17BrClNO5. The first-order valence-electron chi connectivity index (χ1n) is 10.0. The first-order valence-corrected chi connectivity index (χ1v) is 11.2. The van der Waals surface area contributed by atoms with Crippen LogP contribution in [0.25, 0.3) is 12.2 Å². The van der Waals surface area contributed by atoms with Crippen molar-refractivity contribution in [2.75, 3.05) is 7.11 Å². The highest BCUT2D eigenvalue weighted by Crippen LogP contribution is 2.28. The van der Waals surface area contributed by atoms with Crippen molar-refractivity contribution in [3.63, 3.8) is 0 Å². The van der Waals surface area contributed by atoms with E-state index in [4.69, 9.17) is 25.8 Å². The van der Waals surface area contributed by atoms with Gasteiger partial charge in [0.05, 0.1) is 7.11 Å². The number of cyclic esters (lactones) is 1. The lowest BCUT2D eigenvalue weighted by Gasteiger charge is -2.06. The number of hydrogen-bond acceptors (Lipinski definition) is 6. The maximum absolute atomic E-state index is 12.4. The number of methoxy groups -OCH3 is 1. The molecule has 0 saturated carbocycles. The minimum Gasteiger partial charge on any atom is -0.497 e. The van der Waals surface area contributed by atoms with Gasteiger partial charge in [-0.15, -0.1) is 0 Å². The maximum Gasteiger partial charge on any atom is 0.363 e. The number of aliphatic imine (C=N–C) groups is 1. The quantitative estimate of drug-likeness (QED) is 0.216. The fourth-order valence-electron chi connectivity index (χ4n) is 3.04. The van der Waals surface area contributed by atoms with Crippen molar-refractivity contribution in [3.8, 4) is 11.5 Å². The molecule has 1 aliphatic heterocycles. The molecule has 4 rings (SSSR count). The largest absolute Gasteiger partial charge is 0.497 e. The van der Waals surface area contributed by atoms with Gasteiger partial charge < -0.3 is 14.2 Å². The van der Waals surface area contributed by atoms with Crippen molar-refractivity contribution in [2.24, 2.45) is 4.99 Å². The molecule has 0 amide bonds. The third-order valence-electron chi connectivity index (χ3n) is 4.69. The number of hydrogen-bond donors (Lipinski definition) is 0. The van der Waals surface area contributed by atoms with Gasteiger partial charge in [-0.2, -0.15) is 0 Å². The van der Waals surface area contributed by atoms with Gasteiger partial charge in [-0.05, 0) is 66.2 Å². The van der Waals surface area contributed by atoms with Crippen LogP contribution in [0.3, 0.4) is 0 Å². The second-order valence-corrected chi connectivity index (χ2v) is 8.41. The highest BCUT2D eigenvalue weighted by molar-refractivity contribution is 9.10. The third-order valence-corrected chi connectivity index (χ3v) is 5.44. The summed E-state index contributed by atoms with van der Waals surface area (Å²) in [6, 6.07) is 19.1. The van der Waals surface area contributed by atoms with E-state index in [9.17, 15) is 9.59 Å². The van der Waals surface area contributed by atoms with Gasteiger partial charge in [0.1, 0.15) is 11.5 Å². The minimum atomic E-state index is -0.613. The molecule has 34 heavy (non-hydrogen) atoms. The van der Waals surface area contributed by atoms with Gasteiger partial charge in [-0.25, -0.2) is 14.6 Å². The Balaban J connectivity index is 1.58. The van der Waals surface area contributed by atoms with Gasteiger partial charge in [0.25, 0.3) is 0 Å². The number of rotatable bonds is 6. The van der Waals surface area contributed by atoms with Gasteiger partial charge in [0, 0.05) is 26.7 Å². The first kappa shape index (κ1) is 23.5. The lowest BCUT2D eigenvalue weighted by molar-refractivity contribution is -0.130. The van der Waals surface area contributed by atoms with Crippen molar-refractivity contribution in [3.05, 3.63) is 105 Å². The van der Waals surface area contributed by atoms with Crippen LogP contribution in [0.2, 0.25) is 5.02 Å². The summed E-state index contributed by atoms with van der Waals surface area (Å²) in [5.74, 6) is -0.153. The van der Waals surface area contributed by atoms with Crippen LogP contribution in [0.1, 0.15) is 16.7 Å². The molecule has 8 heteroatoms. The standard InChI is InChI=1S/C26H17BrClNO5/c1-32-21-4-2-3-17(14-21)25-29-22(26(31)34-25)15-18-13-19(27)8-11-23(18)33-24(30)12-7-16-5-9-20(28)10-6-16/h2-15H,1H3/b12-7+,22-15-. The normalized spacial score (nSPS) is 14.3. The Morgan fingerprint density at radius 3 is 2.65 bits per heavy atom. The van der Waals surface area contributed by atoms with E-state index in [0.717, 1.165) is 10.0 Å². The van der Waals surface area contributed by atoms with Crippen LogP contribution in [0.5, 0.6) is 11.5 Å². The smallest absolute Gasteiger partial charge is 0.363 e. The van der Waals surface area contributed by atoms with Gasteiger partial charge >= 0.3 is 11.9 Å². The van der Waals surface area contributed by atoms with Crippen LogP contribution in [0.4, 0.5) is 0 Å². The number of carbonyl (C=O) groups excluding carboxylic acids is 2. The van der Waals surface area contributed by atoms with Gasteiger partial charge in [-0.3, -0.25) is 0 Å². The number of benzene rings is 3. The third kappa shape index (κ3) is 5.81. The topological polar surface area (TPSA) is 74.2 Å². The number of esters is 2. The van der Waals surface area contributed by atoms with E-state index >= 15 is 0 Å². The summed E-state index contributed by atoms with van der Waals surface area (Å²) < 4.78 is 16.8. The van der Waals surface area contributed by atoms with Crippen molar-refractivity contribution < 1.29 is 23.8 Å². The van der Waals surface area contributed by atoms with Gasteiger partial charge in [-0.1, -0.05) is 45.7 Å². The molecule has 0 spiro atoms. The highest BCUT2D eigenvalue weighted by atomic mass is 79.9. The summed E-state index contributed by atoms with van der Waals surface area (Å²) >= 11 is 9.27. The van der Waals surface area contributed by atoms with E-state index in [0.29, 0.717) is 21.9 Å². The average Bonchev–Trinajstić information content (AvgIpc) is 3.20. The molecule has 0 unspecified atom stereocenters. The second kappa shape index (κ2) is 10.5. The van der Waals surface area contributed by atoms with Crippen LogP contribution in [0.15, 0.2) is 88.0 Å². The minimum absolute atomic E-state index is 0.0740. The van der Waals surface area contributed by atoms with Crippen LogP contribution in [0, 0.1) is 0 Å². The molecule has 0 fully saturated rings. The lowest BCUT2D eigenvalue weighted by Crippen LogP contribution is -2.06. The molecule has 0 aliphatic carbocycles. The Morgan fingerprint density at radius 1 is 1.09 bits per heavy atom. The fourth-order valence-corrected chi connectivity index (χ4v) is 3.55. The van der Waals surface area contributed by atoms with Crippen molar-refractivity contribution >= 4 is 57.5 Å². The molecule has 0 bridgehead atoms. The first-order chi connectivity index (χ1) is 16.4. The van der Waals surface area contributed by atoms with E-state index in [1.807, 2.05) is 0 Å². The molecule has 1 heterocycles. The summed E-state index contributed by atoms with van der Waals surface area (Å²) in [7, 11) is 1.55. The number of carbonyl (C=O) groups is 2. The van der Waals surface area contributed by atoms with Crippen molar-refractivity contribution in [1.29, 1.82) is 0 Å². The monoisotopic (exact) mass is 537 g/mol. The van der Waals surface area contributed by atoms with Crippen LogP contribution < -0.4 is 9.47 Å². The van der Waals surface area contributed by atoms with E-state index < -0.39 is 11.9 Å². The molecule has 0 N–H and O–H groups in total. The summed E-state index contributed by atoms with van der Waals surface area (Å²) in [5.41, 5.74) is 1.95. The fraction of sp³-hybridized carbons (Fsp3) is 0.0385. The number of ether oxygens (including phenoxy) is 3. The summed E-state index contributed by atoms with van der Waals surface area (Å²) in [4.78, 5) is 29.1. The zero-order valence-electron chi connectivity index (χ0n) is 17.8. The Kier molecular flexibility index (Phi) is 7.25. The van der Waals surface area contributed by atoms with Crippen LogP contribution in [-0.4, -0.2) is 24.9 Å². The molecule has 6 nitrogen and oxygen atoms in total. The molecule has 0 saturated heterocycles. The lowest BCUT2D eigenvalue weighted by atomic mass is 10.1. The zero-order valence-corrected chi connectivity index (χ0v) is 20.2. The van der Waals surface area contributed by atoms with E-state index in [1.165, 1.54) is 12.2 Å². The van der Waals surface area contributed by atoms with E-state index in [-0.39, 0.29) is 17.3 Å². The van der Waals surface area contributed by atoms with Gasteiger partial charge in [0.2, 0.25) is 5.90 Å². The Bertz CT molecular complexity index is 1350. The highest BCUT2D eigenvalue weighted by Gasteiger charge is 2.25. The molecule has 3 aromatic carbocycles. The molecule has 0 aromatic heterocycles. The number of halogens is 2. The van der Waals surface area contributed by atoms with Gasteiger partial charge in [0.15, 0.2) is 5.70 Å². The molecule has 1 aliphatic rings. The summed E-state index contributed by atoms with van der Waals surface area (Å²) in [6.07, 6.45) is 4.44. The van der Waals surface area contributed by atoms with Crippen LogP contribution in [-0.2, 0) is 14.3 Å². The van der Waals surface area contributed by atoms with E-state index in [2.05, 4.69) is 20.9 Å². The molecule has 0 atom stereocenters. The summed E-state index contributed by atoms with van der Waals surface area (Å²) in [6.45, 7) is 0. The van der Waals surface area contributed by atoms with Crippen LogP contribution >= 0.6 is 27.5 Å². The predicted octanol–water partition coefficient (Wildman–Crippen LogP) is 6.07. The van der Waals surface area contributed by atoms with E-state index in [1.54, 1.807) is 79.9 Å². The van der Waals surface area contributed by atoms with Crippen molar-refractivity contribution in [1.82, 2.24) is 0 Å². The molecular weight excluding hydrogens is 522 g/mol. The summed E-state index contributed by atoms with van der Waals surface area (Å²) in [5, 5.41) is 0.606. The molecule has 0 radical (unpaired) electrons. The average molecular weight is 539 g/mol. The SMILES string of the molecule is COc1cccc(C2=N/C(=C\c3cc(Br)ccc3OC(=O)/C=C/c3ccc(Cl)cc3)C(=O)O2)c1. The Hall–Kier alpha value is -3.68. The molecule has 170 valence electrons. The number of nitrogens with zero attached hydrogens (tertiary/aromatic N) is 1. The predicted molar refractivity (Wildman–Crippen MR) is 134 cm³/mol.